The Bertz CT molecular complexity index is 344. The molecule has 4 nitrogen and oxygen atoms in total. The van der Waals surface area contributed by atoms with Crippen molar-refractivity contribution in [3.05, 3.63) is 22.4 Å². The van der Waals surface area contributed by atoms with Gasteiger partial charge in [0, 0.05) is 4.88 Å². The summed E-state index contributed by atoms with van der Waals surface area (Å²) >= 11 is 1.65. The molecular weight excluding hydrogens is 222 g/mol. The number of hydrogen-bond acceptors (Lipinski definition) is 4. The molecule has 1 saturated heterocycles. The van der Waals surface area contributed by atoms with Crippen LogP contribution < -0.4 is 5.73 Å². The van der Waals surface area contributed by atoms with Crippen molar-refractivity contribution >= 4 is 17.2 Å². The van der Waals surface area contributed by atoms with E-state index < -0.39 is 0 Å². The lowest BCUT2D eigenvalue weighted by molar-refractivity contribution is 0.199. The van der Waals surface area contributed by atoms with E-state index >= 15 is 0 Å². The van der Waals surface area contributed by atoms with E-state index in [2.05, 4.69) is 10.1 Å². The molecule has 5 heteroatoms. The molecule has 0 aliphatic carbocycles. The van der Waals surface area contributed by atoms with Gasteiger partial charge in [0.25, 0.3) is 0 Å². The van der Waals surface area contributed by atoms with E-state index in [9.17, 15) is 0 Å². The van der Waals surface area contributed by atoms with Crippen LogP contribution >= 0.6 is 11.3 Å². The van der Waals surface area contributed by atoms with Crippen LogP contribution in [0.2, 0.25) is 0 Å². The fourth-order valence-electron chi connectivity index (χ4n) is 2.19. The Labute approximate surface area is 99.4 Å². The third-order valence-electron chi connectivity index (χ3n) is 2.96. The van der Waals surface area contributed by atoms with E-state index in [1.165, 1.54) is 19.3 Å². The molecule has 16 heavy (non-hydrogen) atoms. The average Bonchev–Trinajstić information content (AvgIpc) is 2.84. The summed E-state index contributed by atoms with van der Waals surface area (Å²) in [5.41, 5.74) is 5.80. The lowest BCUT2D eigenvalue weighted by Crippen LogP contribution is -2.40. The molecule has 0 bridgehead atoms. The van der Waals surface area contributed by atoms with Crippen LogP contribution in [0.5, 0.6) is 0 Å². The van der Waals surface area contributed by atoms with E-state index in [0.717, 1.165) is 18.0 Å². The Morgan fingerprint density at radius 3 is 2.75 bits per heavy atom. The standard InChI is InChI=1S/C11H17N3OS/c12-11(13-15)10(9-5-4-8-16-9)14-6-2-1-3-7-14/h4-5,8,10,15H,1-3,6-7H2,(H2,12,13)/t10-/m0/s1. The fraction of sp³-hybridized carbons (Fsp3) is 0.545. The molecule has 1 aromatic rings. The topological polar surface area (TPSA) is 61.9 Å². The molecule has 3 N–H and O–H groups in total. The van der Waals surface area contributed by atoms with Crippen LogP contribution in [0.25, 0.3) is 0 Å². The molecule has 0 unspecified atom stereocenters. The van der Waals surface area contributed by atoms with Gasteiger partial charge in [0.15, 0.2) is 5.84 Å². The van der Waals surface area contributed by atoms with Crippen LogP contribution in [0.3, 0.4) is 0 Å². The SMILES string of the molecule is NC(=NO)[C@H](c1cccs1)N1CCCCC1. The van der Waals surface area contributed by atoms with Crippen LogP contribution in [0.1, 0.15) is 30.2 Å². The molecule has 0 amide bonds. The second-order valence-corrected chi connectivity index (χ2v) is 5.02. The van der Waals surface area contributed by atoms with Crippen molar-refractivity contribution in [1.29, 1.82) is 0 Å². The lowest BCUT2D eigenvalue weighted by Gasteiger charge is -2.33. The summed E-state index contributed by atoms with van der Waals surface area (Å²) < 4.78 is 0. The summed E-state index contributed by atoms with van der Waals surface area (Å²) in [4.78, 5) is 3.45. The number of oxime groups is 1. The average molecular weight is 239 g/mol. The van der Waals surface area contributed by atoms with Crippen molar-refractivity contribution in [2.75, 3.05) is 13.1 Å². The number of piperidine rings is 1. The molecule has 0 spiro atoms. The molecule has 2 heterocycles. The Kier molecular flexibility index (Phi) is 3.79. The molecule has 1 atom stereocenters. The largest absolute Gasteiger partial charge is 0.409 e. The van der Waals surface area contributed by atoms with Crippen molar-refractivity contribution in [3.8, 4) is 0 Å². The summed E-state index contributed by atoms with van der Waals surface area (Å²) in [6.45, 7) is 2.05. The molecule has 1 aliphatic rings. The van der Waals surface area contributed by atoms with Gasteiger partial charge in [0.1, 0.15) is 6.04 Å². The first-order valence-corrected chi connectivity index (χ1v) is 6.46. The maximum absolute atomic E-state index is 8.88. The number of thiophene rings is 1. The predicted molar refractivity (Wildman–Crippen MR) is 65.9 cm³/mol. The minimum Gasteiger partial charge on any atom is -0.409 e. The maximum atomic E-state index is 8.88. The van der Waals surface area contributed by atoms with Gasteiger partial charge in [0.2, 0.25) is 0 Å². The number of rotatable bonds is 3. The number of amidine groups is 1. The monoisotopic (exact) mass is 239 g/mol. The van der Waals surface area contributed by atoms with Crippen LogP contribution in [0, 0.1) is 0 Å². The first-order chi connectivity index (χ1) is 7.83. The number of hydrogen-bond donors (Lipinski definition) is 2. The zero-order chi connectivity index (χ0) is 11.4. The van der Waals surface area contributed by atoms with Crippen molar-refractivity contribution in [1.82, 2.24) is 4.90 Å². The van der Waals surface area contributed by atoms with Gasteiger partial charge in [-0.2, -0.15) is 0 Å². The van der Waals surface area contributed by atoms with Crippen LogP contribution in [0.4, 0.5) is 0 Å². The van der Waals surface area contributed by atoms with Gasteiger partial charge in [-0.15, -0.1) is 11.3 Å². The van der Waals surface area contributed by atoms with Crippen molar-refractivity contribution in [3.63, 3.8) is 0 Å². The van der Waals surface area contributed by atoms with Crippen LogP contribution in [0.15, 0.2) is 22.7 Å². The zero-order valence-electron chi connectivity index (χ0n) is 9.17. The number of nitrogens with zero attached hydrogens (tertiary/aromatic N) is 2. The van der Waals surface area contributed by atoms with Gasteiger partial charge in [0.05, 0.1) is 0 Å². The highest BCUT2D eigenvalue weighted by atomic mass is 32.1. The predicted octanol–water partition coefficient (Wildman–Crippen LogP) is 2.02. The molecule has 1 aliphatic heterocycles. The third-order valence-corrected chi connectivity index (χ3v) is 3.89. The first-order valence-electron chi connectivity index (χ1n) is 5.58. The van der Waals surface area contributed by atoms with Crippen molar-refractivity contribution in [2.24, 2.45) is 10.9 Å². The summed E-state index contributed by atoms with van der Waals surface area (Å²) in [7, 11) is 0. The van der Waals surface area contributed by atoms with Gasteiger partial charge >= 0.3 is 0 Å². The summed E-state index contributed by atoms with van der Waals surface area (Å²) in [5, 5.41) is 14.1. The Morgan fingerprint density at radius 2 is 2.19 bits per heavy atom. The Hall–Kier alpha value is -1.07. The summed E-state index contributed by atoms with van der Waals surface area (Å²) in [6.07, 6.45) is 3.67. The molecule has 2 rings (SSSR count). The Balaban J connectivity index is 2.20. The molecule has 0 aromatic carbocycles. The van der Waals surface area contributed by atoms with E-state index in [-0.39, 0.29) is 6.04 Å². The van der Waals surface area contributed by atoms with E-state index in [0.29, 0.717) is 5.84 Å². The second-order valence-electron chi connectivity index (χ2n) is 4.04. The normalized spacial score (nSPS) is 20.9. The molecule has 0 saturated carbocycles. The van der Waals surface area contributed by atoms with Gasteiger partial charge in [-0.25, -0.2) is 0 Å². The summed E-state index contributed by atoms with van der Waals surface area (Å²) in [6, 6.07) is 3.99. The van der Waals surface area contributed by atoms with E-state index in [1.807, 2.05) is 17.5 Å². The van der Waals surface area contributed by atoms with Crippen LogP contribution in [-0.4, -0.2) is 29.0 Å². The second kappa shape index (κ2) is 5.32. The molecule has 1 fully saturated rings. The van der Waals surface area contributed by atoms with Gasteiger partial charge in [-0.1, -0.05) is 17.6 Å². The molecule has 1 aromatic heterocycles. The van der Waals surface area contributed by atoms with Gasteiger partial charge in [-0.3, -0.25) is 4.90 Å². The smallest absolute Gasteiger partial charge is 0.161 e. The van der Waals surface area contributed by atoms with Crippen LogP contribution in [-0.2, 0) is 0 Å². The molecule has 88 valence electrons. The van der Waals surface area contributed by atoms with E-state index in [4.69, 9.17) is 10.9 Å². The quantitative estimate of drug-likeness (QED) is 0.367. The minimum atomic E-state index is -0.0506. The van der Waals surface area contributed by atoms with Gasteiger partial charge in [-0.05, 0) is 37.4 Å². The zero-order valence-corrected chi connectivity index (χ0v) is 9.99. The van der Waals surface area contributed by atoms with Crippen molar-refractivity contribution < 1.29 is 5.21 Å². The fourth-order valence-corrected chi connectivity index (χ4v) is 3.06. The molecule has 0 radical (unpaired) electrons. The molecular formula is C11H17N3OS. The minimum absolute atomic E-state index is 0.0506. The number of nitrogens with two attached hydrogens (primary N) is 1. The maximum Gasteiger partial charge on any atom is 0.161 e. The highest BCUT2D eigenvalue weighted by Crippen LogP contribution is 2.27. The van der Waals surface area contributed by atoms with Crippen molar-refractivity contribution in [2.45, 2.75) is 25.3 Å². The highest BCUT2D eigenvalue weighted by molar-refractivity contribution is 7.10. The lowest BCUT2D eigenvalue weighted by atomic mass is 10.1. The number of likely N-dealkylation sites (tertiary alicyclic amines) is 1. The Morgan fingerprint density at radius 1 is 1.44 bits per heavy atom. The van der Waals surface area contributed by atoms with E-state index in [1.54, 1.807) is 11.3 Å². The van der Waals surface area contributed by atoms with Gasteiger partial charge < -0.3 is 10.9 Å². The first kappa shape index (κ1) is 11.4. The third kappa shape index (κ3) is 2.36. The summed E-state index contributed by atoms with van der Waals surface area (Å²) in [5.74, 6) is 0.296. The highest BCUT2D eigenvalue weighted by Gasteiger charge is 2.26.